The first-order valence-corrected chi connectivity index (χ1v) is 6.72. The van der Waals surface area contributed by atoms with Crippen LogP contribution in [0.2, 0.25) is 0 Å². The molecule has 0 aromatic heterocycles. The van der Waals surface area contributed by atoms with Gasteiger partial charge in [0.15, 0.2) is 0 Å². The summed E-state index contributed by atoms with van der Waals surface area (Å²) < 4.78 is 9.56. The molecular weight excluding hydrogens is 331 g/mol. The molecular formula is C15H8Cl2O5. The number of ketones is 1. The third-order valence-electron chi connectivity index (χ3n) is 2.64. The molecule has 0 unspecified atom stereocenters. The predicted octanol–water partition coefficient (Wildman–Crippen LogP) is 4.39. The summed E-state index contributed by atoms with van der Waals surface area (Å²) in [6.45, 7) is 0. The average molecular weight is 339 g/mol. The minimum absolute atomic E-state index is 0.000460. The number of carbonyl (C=O) groups is 3. The van der Waals surface area contributed by atoms with E-state index in [1.807, 2.05) is 0 Å². The summed E-state index contributed by atoms with van der Waals surface area (Å²) in [5.74, 6) is -0.513. The highest BCUT2D eigenvalue weighted by molar-refractivity contribution is 6.61. The van der Waals surface area contributed by atoms with Crippen molar-refractivity contribution in [3.63, 3.8) is 0 Å². The van der Waals surface area contributed by atoms with Crippen molar-refractivity contribution in [1.82, 2.24) is 0 Å². The van der Waals surface area contributed by atoms with Gasteiger partial charge in [-0.25, -0.2) is 9.59 Å². The molecule has 2 aromatic carbocycles. The van der Waals surface area contributed by atoms with Crippen LogP contribution in [-0.4, -0.2) is 16.6 Å². The Hall–Kier alpha value is -2.37. The van der Waals surface area contributed by atoms with Gasteiger partial charge in [-0.3, -0.25) is 4.79 Å². The van der Waals surface area contributed by atoms with Gasteiger partial charge in [-0.1, -0.05) is 24.3 Å². The minimum Gasteiger partial charge on any atom is -0.414 e. The summed E-state index contributed by atoms with van der Waals surface area (Å²) in [5, 5.41) is 0. The standard InChI is InChI=1S/C15H8Cl2O5/c16-14(19)21-11-7-3-1-5-9(11)13(18)10-6-2-4-8-12(10)22-15(17)20/h1-8H. The molecule has 0 N–H and O–H groups in total. The van der Waals surface area contributed by atoms with E-state index in [0.29, 0.717) is 0 Å². The number of ether oxygens (including phenoxy) is 2. The zero-order chi connectivity index (χ0) is 16.1. The van der Waals surface area contributed by atoms with E-state index >= 15 is 0 Å². The number of hydrogen-bond acceptors (Lipinski definition) is 5. The minimum atomic E-state index is -1.07. The maximum Gasteiger partial charge on any atom is 0.409 e. The summed E-state index contributed by atoms with van der Waals surface area (Å²) in [5.41, 5.74) is -1.95. The average Bonchev–Trinajstić information content (AvgIpc) is 2.46. The summed E-state index contributed by atoms with van der Waals surface area (Å²) in [6.07, 6.45) is 0. The van der Waals surface area contributed by atoms with E-state index in [1.54, 1.807) is 24.3 Å². The zero-order valence-corrected chi connectivity index (χ0v) is 12.4. The Morgan fingerprint density at radius 1 is 0.682 bits per heavy atom. The second-order valence-corrected chi connectivity index (χ2v) is 4.62. The zero-order valence-electron chi connectivity index (χ0n) is 10.9. The molecule has 0 saturated carbocycles. The molecule has 0 aliphatic carbocycles. The van der Waals surface area contributed by atoms with Gasteiger partial charge < -0.3 is 9.47 Å². The van der Waals surface area contributed by atoms with Crippen molar-refractivity contribution >= 4 is 39.8 Å². The molecule has 5 nitrogen and oxygen atoms in total. The molecule has 0 aliphatic rings. The lowest BCUT2D eigenvalue weighted by atomic mass is 10.0. The lowest BCUT2D eigenvalue weighted by molar-refractivity contribution is 0.103. The maximum atomic E-state index is 12.6. The van der Waals surface area contributed by atoms with Crippen LogP contribution in [0, 0.1) is 0 Å². The molecule has 0 atom stereocenters. The van der Waals surface area contributed by atoms with Gasteiger partial charge in [-0.15, -0.1) is 0 Å². The fourth-order valence-corrected chi connectivity index (χ4v) is 1.97. The SMILES string of the molecule is O=C(Cl)Oc1ccccc1C(=O)c1ccccc1OC(=O)Cl. The van der Waals surface area contributed by atoms with Crippen LogP contribution >= 0.6 is 23.2 Å². The first-order chi connectivity index (χ1) is 10.5. The lowest BCUT2D eigenvalue weighted by Gasteiger charge is -2.10. The Balaban J connectivity index is 2.45. The highest BCUT2D eigenvalue weighted by Crippen LogP contribution is 2.27. The smallest absolute Gasteiger partial charge is 0.409 e. The quantitative estimate of drug-likeness (QED) is 0.610. The number of halogens is 2. The second kappa shape index (κ2) is 7.06. The Labute approximate surface area is 135 Å². The van der Waals surface area contributed by atoms with Crippen LogP contribution in [0.1, 0.15) is 15.9 Å². The topological polar surface area (TPSA) is 69.7 Å². The van der Waals surface area contributed by atoms with E-state index in [9.17, 15) is 14.4 Å². The highest BCUT2D eigenvalue weighted by Gasteiger charge is 2.20. The molecule has 0 saturated heterocycles. The van der Waals surface area contributed by atoms with E-state index in [4.69, 9.17) is 32.7 Å². The molecule has 0 heterocycles. The van der Waals surface area contributed by atoms with E-state index in [-0.39, 0.29) is 22.6 Å². The van der Waals surface area contributed by atoms with Crippen LogP contribution in [-0.2, 0) is 0 Å². The third kappa shape index (κ3) is 3.84. The van der Waals surface area contributed by atoms with Gasteiger partial charge in [0.05, 0.1) is 11.1 Å². The van der Waals surface area contributed by atoms with E-state index < -0.39 is 16.6 Å². The Morgan fingerprint density at radius 2 is 1.05 bits per heavy atom. The molecule has 0 aliphatic heterocycles. The van der Waals surface area contributed by atoms with Crippen molar-refractivity contribution in [3.8, 4) is 11.5 Å². The van der Waals surface area contributed by atoms with Crippen molar-refractivity contribution in [2.24, 2.45) is 0 Å². The first kappa shape index (κ1) is 16.0. The van der Waals surface area contributed by atoms with Gasteiger partial charge in [0.25, 0.3) is 0 Å². The molecule has 112 valence electrons. The van der Waals surface area contributed by atoms with Gasteiger partial charge in [0, 0.05) is 23.2 Å². The van der Waals surface area contributed by atoms with Crippen molar-refractivity contribution in [2.75, 3.05) is 0 Å². The van der Waals surface area contributed by atoms with Crippen molar-refractivity contribution in [2.45, 2.75) is 0 Å². The van der Waals surface area contributed by atoms with Crippen LogP contribution in [0.3, 0.4) is 0 Å². The summed E-state index contributed by atoms with van der Waals surface area (Å²) in [7, 11) is 0. The van der Waals surface area contributed by atoms with Crippen molar-refractivity contribution < 1.29 is 23.9 Å². The van der Waals surface area contributed by atoms with Gasteiger partial charge in [0.2, 0.25) is 5.78 Å². The summed E-state index contributed by atoms with van der Waals surface area (Å²) in [4.78, 5) is 34.3. The van der Waals surface area contributed by atoms with Crippen molar-refractivity contribution in [3.05, 3.63) is 59.7 Å². The molecule has 22 heavy (non-hydrogen) atoms. The number of hydrogen-bond donors (Lipinski definition) is 0. The van der Waals surface area contributed by atoms with Gasteiger partial charge in [-0.2, -0.15) is 0 Å². The maximum absolute atomic E-state index is 12.6. The van der Waals surface area contributed by atoms with Crippen LogP contribution in [0.15, 0.2) is 48.5 Å². The number of carbonyl (C=O) groups excluding carboxylic acids is 3. The fraction of sp³-hybridized carbons (Fsp3) is 0. The summed E-state index contributed by atoms with van der Waals surface area (Å²) >= 11 is 10.4. The third-order valence-corrected chi connectivity index (χ3v) is 2.80. The molecule has 0 fully saturated rings. The largest absolute Gasteiger partial charge is 0.414 e. The van der Waals surface area contributed by atoms with E-state index in [1.165, 1.54) is 24.3 Å². The molecule has 0 amide bonds. The van der Waals surface area contributed by atoms with Crippen LogP contribution < -0.4 is 9.47 Å². The molecule has 2 aromatic rings. The van der Waals surface area contributed by atoms with E-state index in [0.717, 1.165) is 0 Å². The normalized spacial score (nSPS) is 9.91. The molecule has 0 spiro atoms. The lowest BCUT2D eigenvalue weighted by Crippen LogP contribution is -2.09. The summed E-state index contributed by atoms with van der Waals surface area (Å²) in [6, 6.07) is 12.1. The second-order valence-electron chi connectivity index (χ2n) is 4.00. The number of rotatable bonds is 4. The molecule has 7 heteroatoms. The molecule has 0 bridgehead atoms. The number of para-hydroxylation sites is 2. The Bertz CT molecular complexity index is 681. The van der Waals surface area contributed by atoms with Crippen LogP contribution in [0.25, 0.3) is 0 Å². The van der Waals surface area contributed by atoms with Crippen LogP contribution in [0.5, 0.6) is 11.5 Å². The highest BCUT2D eigenvalue weighted by atomic mass is 35.5. The van der Waals surface area contributed by atoms with Gasteiger partial charge in [0.1, 0.15) is 11.5 Å². The van der Waals surface area contributed by atoms with Crippen LogP contribution in [0.4, 0.5) is 9.59 Å². The van der Waals surface area contributed by atoms with Gasteiger partial charge in [-0.05, 0) is 24.3 Å². The van der Waals surface area contributed by atoms with Crippen molar-refractivity contribution in [1.29, 1.82) is 0 Å². The van der Waals surface area contributed by atoms with E-state index in [2.05, 4.69) is 0 Å². The van der Waals surface area contributed by atoms with Gasteiger partial charge >= 0.3 is 10.9 Å². The Kier molecular flexibility index (Phi) is 5.14. The Morgan fingerprint density at radius 3 is 1.41 bits per heavy atom. The molecule has 2 rings (SSSR count). The molecule has 0 radical (unpaired) electrons. The fourth-order valence-electron chi connectivity index (χ4n) is 1.80. The predicted molar refractivity (Wildman–Crippen MR) is 80.1 cm³/mol. The first-order valence-electron chi connectivity index (χ1n) is 5.96. The monoisotopic (exact) mass is 338 g/mol. The number of benzene rings is 2.